The van der Waals surface area contributed by atoms with Crippen LogP contribution in [0.4, 0.5) is 0 Å². The maximum absolute atomic E-state index is 14.8. The van der Waals surface area contributed by atoms with Gasteiger partial charge in [-0.05, 0) is 12.8 Å². The molecule has 59 heavy (non-hydrogen) atoms. The van der Waals surface area contributed by atoms with E-state index in [1.807, 2.05) is 0 Å². The third-order valence-corrected chi connectivity index (χ3v) is 12.6. The average Bonchev–Trinajstić information content (AvgIpc) is 3.48. The van der Waals surface area contributed by atoms with Crippen LogP contribution in [0.25, 0.3) is 0 Å². The summed E-state index contributed by atoms with van der Waals surface area (Å²) in [5, 5.41) is 85.0. The van der Waals surface area contributed by atoms with Crippen molar-refractivity contribution in [2.24, 2.45) is 5.92 Å². The normalized spacial score (nSPS) is 28.9. The first-order valence-corrected chi connectivity index (χ1v) is 23.9. The van der Waals surface area contributed by atoms with Crippen LogP contribution < -0.4 is 0 Å². The van der Waals surface area contributed by atoms with E-state index in [0.29, 0.717) is 12.8 Å². The second kappa shape index (κ2) is 30.9. The Morgan fingerprint density at radius 3 is 1.29 bits per heavy atom. The summed E-state index contributed by atoms with van der Waals surface area (Å²) in [7, 11) is 0. The Kier molecular flexibility index (Phi) is 28.3. The van der Waals surface area contributed by atoms with E-state index < -0.39 is 91.6 Å². The summed E-state index contributed by atoms with van der Waals surface area (Å²) in [5.41, 5.74) is 0. The van der Waals surface area contributed by atoms with Crippen molar-refractivity contribution >= 4 is 11.6 Å². The summed E-state index contributed by atoms with van der Waals surface area (Å²) in [6.45, 7) is 1.50. The van der Waals surface area contributed by atoms with Gasteiger partial charge in [-0.15, -0.1) is 0 Å². The van der Waals surface area contributed by atoms with Crippen molar-refractivity contribution < 1.29 is 64.7 Å². The molecular formula is C46H86O13. The fraction of sp³-hybridized carbons (Fsp3) is 0.957. The van der Waals surface area contributed by atoms with Gasteiger partial charge in [-0.1, -0.05) is 181 Å². The van der Waals surface area contributed by atoms with Crippen LogP contribution in [0, 0.1) is 5.92 Å². The van der Waals surface area contributed by atoms with Crippen LogP contribution >= 0.6 is 0 Å². The SMILES string of the molecule is CCCCCCCCCCCCCCCCC(C(=O)CCCCCCCCCCCCCCC)C(=O)[C@@]1(OC2(CO)O[C@H](CO)[C@@H](O)[C@@H]2O)O[C@H](CO)[C@@H](O)[C@H](O)[C@H]1O. The van der Waals surface area contributed by atoms with Crippen molar-refractivity contribution in [2.45, 2.75) is 254 Å². The monoisotopic (exact) mass is 847 g/mol. The number of unbranched alkanes of at least 4 members (excludes halogenated alkanes) is 25. The van der Waals surface area contributed by atoms with Crippen LogP contribution in [0.3, 0.4) is 0 Å². The molecule has 2 saturated heterocycles. The van der Waals surface area contributed by atoms with Crippen LogP contribution in [-0.4, -0.2) is 127 Å². The second-order valence-corrected chi connectivity index (χ2v) is 17.5. The zero-order valence-corrected chi connectivity index (χ0v) is 36.9. The minimum Gasteiger partial charge on any atom is -0.394 e. The van der Waals surface area contributed by atoms with E-state index in [1.165, 1.54) is 103 Å². The lowest BCUT2D eigenvalue weighted by Gasteiger charge is -2.50. The van der Waals surface area contributed by atoms with E-state index in [1.54, 1.807) is 0 Å². The molecule has 2 aliphatic rings. The van der Waals surface area contributed by atoms with Crippen molar-refractivity contribution in [3.05, 3.63) is 0 Å². The number of rotatable bonds is 37. The molecular weight excluding hydrogens is 760 g/mol. The molecule has 0 bridgehead atoms. The lowest BCUT2D eigenvalue weighted by atomic mass is 9.80. The standard InChI is InChI=1S/C46H86O13/c1-3-5-7-9-11-13-15-17-19-20-22-24-26-28-30-35(36(50)31-29-27-25-23-21-18-16-14-12-10-8-6-4-2)42(54)46(44(56)41(53)39(51)37(32-47)58-46)59-45(34-49)43(55)40(52)38(33-48)57-45/h35,37-41,43-44,47-49,51-53,55-56H,3-34H2,1-2H3/t35?,37-,38-,39-,40-,41+,43+,44-,45?,46+/m1/s1. The Morgan fingerprint density at radius 1 is 0.508 bits per heavy atom. The van der Waals surface area contributed by atoms with Crippen molar-refractivity contribution in [3.63, 3.8) is 0 Å². The molecule has 2 rings (SSSR count). The first kappa shape index (κ1) is 54.0. The topological polar surface area (TPSA) is 224 Å². The molecule has 13 nitrogen and oxygen atoms in total. The number of carbonyl (C=O) groups excluding carboxylic acids is 2. The van der Waals surface area contributed by atoms with Crippen LogP contribution in [0.1, 0.15) is 200 Å². The minimum atomic E-state index is -3.04. The fourth-order valence-electron chi connectivity index (χ4n) is 8.70. The number of hydrogen-bond donors (Lipinski definition) is 8. The van der Waals surface area contributed by atoms with Gasteiger partial charge in [0.2, 0.25) is 11.6 Å². The lowest BCUT2D eigenvalue weighted by molar-refractivity contribution is -0.417. The molecule has 10 atom stereocenters. The van der Waals surface area contributed by atoms with Gasteiger partial charge in [0, 0.05) is 6.42 Å². The van der Waals surface area contributed by atoms with Gasteiger partial charge in [0.15, 0.2) is 0 Å². The maximum Gasteiger partial charge on any atom is 0.262 e. The highest BCUT2D eigenvalue weighted by atomic mass is 16.8. The van der Waals surface area contributed by atoms with E-state index in [2.05, 4.69) is 13.8 Å². The van der Waals surface area contributed by atoms with E-state index in [9.17, 15) is 50.4 Å². The Bertz CT molecular complexity index is 1090. The predicted molar refractivity (Wildman–Crippen MR) is 226 cm³/mol. The predicted octanol–water partition coefficient (Wildman–Crippen LogP) is 6.08. The summed E-state index contributed by atoms with van der Waals surface area (Å²) >= 11 is 0. The third-order valence-electron chi connectivity index (χ3n) is 12.6. The number of Topliss-reactive ketones (excluding diaryl/α,β-unsaturated/α-hetero) is 2. The highest BCUT2D eigenvalue weighted by Gasteiger charge is 2.67. The van der Waals surface area contributed by atoms with E-state index in [4.69, 9.17) is 14.2 Å². The number of ether oxygens (including phenoxy) is 3. The van der Waals surface area contributed by atoms with Gasteiger partial charge in [-0.2, -0.15) is 0 Å². The van der Waals surface area contributed by atoms with Gasteiger partial charge in [0.1, 0.15) is 55.1 Å². The Balaban J connectivity index is 2.13. The number of aliphatic hydroxyl groups excluding tert-OH is 8. The molecule has 0 aromatic heterocycles. The van der Waals surface area contributed by atoms with Gasteiger partial charge in [0.05, 0.1) is 19.1 Å². The first-order valence-electron chi connectivity index (χ1n) is 23.9. The second-order valence-electron chi connectivity index (χ2n) is 17.5. The van der Waals surface area contributed by atoms with Crippen LogP contribution in [0.5, 0.6) is 0 Å². The molecule has 0 saturated carbocycles. The molecule has 13 heteroatoms. The molecule has 2 unspecified atom stereocenters. The zero-order valence-electron chi connectivity index (χ0n) is 36.9. The van der Waals surface area contributed by atoms with Gasteiger partial charge in [-0.3, -0.25) is 9.59 Å². The van der Waals surface area contributed by atoms with E-state index in [0.717, 1.165) is 57.8 Å². The van der Waals surface area contributed by atoms with Crippen molar-refractivity contribution in [1.82, 2.24) is 0 Å². The molecule has 0 aliphatic carbocycles. The average molecular weight is 847 g/mol. The van der Waals surface area contributed by atoms with Crippen LogP contribution in [-0.2, 0) is 23.8 Å². The van der Waals surface area contributed by atoms with Crippen molar-refractivity contribution in [3.8, 4) is 0 Å². The molecule has 0 aromatic rings. The Labute approximate surface area is 355 Å². The summed E-state index contributed by atoms with van der Waals surface area (Å²) in [6, 6.07) is 0. The molecule has 2 heterocycles. The molecule has 0 aromatic carbocycles. The fourth-order valence-corrected chi connectivity index (χ4v) is 8.70. The zero-order chi connectivity index (χ0) is 43.5. The van der Waals surface area contributed by atoms with Gasteiger partial charge in [-0.25, -0.2) is 0 Å². The minimum absolute atomic E-state index is 0.0587. The molecule has 348 valence electrons. The number of hydrogen-bond acceptors (Lipinski definition) is 13. The molecule has 0 radical (unpaired) electrons. The molecule has 0 spiro atoms. The number of carbonyl (C=O) groups is 2. The highest BCUT2D eigenvalue weighted by Crippen LogP contribution is 2.43. The Hall–Kier alpha value is -1.10. The maximum atomic E-state index is 14.8. The van der Waals surface area contributed by atoms with Crippen molar-refractivity contribution in [1.29, 1.82) is 0 Å². The van der Waals surface area contributed by atoms with Crippen LogP contribution in [0.2, 0.25) is 0 Å². The first-order chi connectivity index (χ1) is 28.5. The number of ketones is 2. The summed E-state index contributed by atoms with van der Waals surface area (Å²) in [5.74, 6) is -8.65. The van der Waals surface area contributed by atoms with Gasteiger partial charge < -0.3 is 55.1 Å². The summed E-state index contributed by atoms with van der Waals surface area (Å²) < 4.78 is 17.3. The molecule has 0 amide bonds. The van der Waals surface area contributed by atoms with Gasteiger partial charge >= 0.3 is 0 Å². The third kappa shape index (κ3) is 17.5. The molecule has 2 fully saturated rings. The summed E-state index contributed by atoms with van der Waals surface area (Å²) in [6.07, 6.45) is 16.9. The van der Waals surface area contributed by atoms with E-state index >= 15 is 0 Å². The molecule has 8 N–H and O–H groups in total. The number of aliphatic hydroxyl groups is 8. The van der Waals surface area contributed by atoms with E-state index in [-0.39, 0.29) is 12.8 Å². The van der Waals surface area contributed by atoms with Crippen LogP contribution in [0.15, 0.2) is 0 Å². The highest BCUT2D eigenvalue weighted by molar-refractivity contribution is 6.06. The largest absolute Gasteiger partial charge is 0.394 e. The Morgan fingerprint density at radius 2 is 0.898 bits per heavy atom. The smallest absolute Gasteiger partial charge is 0.262 e. The van der Waals surface area contributed by atoms with Crippen molar-refractivity contribution in [2.75, 3.05) is 19.8 Å². The quantitative estimate of drug-likeness (QED) is 0.0263. The lowest BCUT2D eigenvalue weighted by Crippen LogP contribution is -2.73. The molecule has 2 aliphatic heterocycles. The van der Waals surface area contributed by atoms with Gasteiger partial charge in [0.25, 0.3) is 5.79 Å². The summed E-state index contributed by atoms with van der Waals surface area (Å²) in [4.78, 5) is 28.9.